The third-order valence-corrected chi connectivity index (χ3v) is 4.43. The van der Waals surface area contributed by atoms with E-state index >= 15 is 0 Å². The molecule has 1 aliphatic heterocycles. The van der Waals surface area contributed by atoms with Gasteiger partial charge >= 0.3 is 6.18 Å². The normalized spacial score (nSPS) is 15.2. The molecule has 0 unspecified atom stereocenters. The fourth-order valence-electron chi connectivity index (χ4n) is 2.94. The van der Waals surface area contributed by atoms with Gasteiger partial charge < -0.3 is 24.8 Å². The number of nitrogens with zero attached hydrogens (tertiary/aromatic N) is 2. The maximum Gasteiger partial charge on any atom is 0.422 e. The predicted molar refractivity (Wildman–Crippen MR) is 125 cm³/mol. The molecule has 1 aromatic carbocycles. The van der Waals surface area contributed by atoms with Gasteiger partial charge in [-0.2, -0.15) is 13.2 Å². The Kier molecular flexibility index (Phi) is 13.0. The number of hydrogen-bond donors (Lipinski definition) is 2. The van der Waals surface area contributed by atoms with Crippen molar-refractivity contribution >= 4 is 29.9 Å². The number of morpholine rings is 1. The first-order chi connectivity index (χ1) is 14.4. The Morgan fingerprint density at radius 2 is 1.94 bits per heavy atom. The zero-order valence-electron chi connectivity index (χ0n) is 18.0. The van der Waals surface area contributed by atoms with Gasteiger partial charge in [0.15, 0.2) is 24.1 Å². The second-order valence-corrected chi connectivity index (χ2v) is 6.82. The minimum Gasteiger partial charge on any atom is -0.493 e. The molecule has 1 saturated heterocycles. The Labute approximate surface area is 198 Å². The maximum absolute atomic E-state index is 12.4. The number of hydrogen-bond acceptors (Lipinski definition) is 5. The molecule has 0 bridgehead atoms. The summed E-state index contributed by atoms with van der Waals surface area (Å²) >= 11 is 0. The van der Waals surface area contributed by atoms with Crippen molar-refractivity contribution in [3.8, 4) is 11.5 Å². The molecule has 1 aliphatic rings. The van der Waals surface area contributed by atoms with E-state index < -0.39 is 12.8 Å². The highest BCUT2D eigenvalue weighted by Crippen LogP contribution is 2.30. The first kappa shape index (κ1) is 27.6. The van der Waals surface area contributed by atoms with E-state index in [2.05, 4.69) is 20.5 Å². The molecule has 0 amide bonds. The fraction of sp³-hybridized carbons (Fsp3) is 0.650. The van der Waals surface area contributed by atoms with Crippen LogP contribution in [0, 0.1) is 0 Å². The minimum atomic E-state index is -4.40. The van der Waals surface area contributed by atoms with E-state index in [0.717, 1.165) is 57.9 Å². The molecule has 1 aromatic rings. The van der Waals surface area contributed by atoms with E-state index in [9.17, 15) is 13.2 Å². The molecule has 0 atom stereocenters. The van der Waals surface area contributed by atoms with Crippen LogP contribution in [0.2, 0.25) is 0 Å². The number of benzene rings is 1. The lowest BCUT2D eigenvalue weighted by atomic mass is 10.2. The van der Waals surface area contributed by atoms with E-state index in [-0.39, 0.29) is 35.5 Å². The summed E-state index contributed by atoms with van der Waals surface area (Å²) < 4.78 is 52.4. The molecule has 11 heteroatoms. The monoisotopic (exact) mass is 560 g/mol. The van der Waals surface area contributed by atoms with Crippen molar-refractivity contribution in [1.29, 1.82) is 0 Å². The van der Waals surface area contributed by atoms with Crippen molar-refractivity contribution in [3.05, 3.63) is 23.8 Å². The molecule has 31 heavy (non-hydrogen) atoms. The number of halogens is 4. The summed E-state index contributed by atoms with van der Waals surface area (Å²) in [7, 11) is 1.39. The van der Waals surface area contributed by atoms with Crippen molar-refractivity contribution < 1.29 is 27.4 Å². The summed E-state index contributed by atoms with van der Waals surface area (Å²) in [5, 5.41) is 6.50. The van der Waals surface area contributed by atoms with Crippen LogP contribution in [0.25, 0.3) is 0 Å². The summed E-state index contributed by atoms with van der Waals surface area (Å²) in [6.07, 6.45) is -3.41. The van der Waals surface area contributed by atoms with Gasteiger partial charge in [-0.1, -0.05) is 6.07 Å². The zero-order chi connectivity index (χ0) is 21.8. The summed E-state index contributed by atoms with van der Waals surface area (Å²) in [5.74, 6) is 0.988. The average Bonchev–Trinajstić information content (AvgIpc) is 2.73. The van der Waals surface area contributed by atoms with Gasteiger partial charge in [0.05, 0.1) is 26.9 Å². The van der Waals surface area contributed by atoms with Gasteiger partial charge in [0.1, 0.15) is 0 Å². The third kappa shape index (κ3) is 11.1. The number of guanidine groups is 1. The lowest BCUT2D eigenvalue weighted by Crippen LogP contribution is -2.40. The zero-order valence-corrected chi connectivity index (χ0v) is 20.3. The second-order valence-electron chi connectivity index (χ2n) is 6.82. The maximum atomic E-state index is 12.4. The number of aliphatic imine (C=N–C) groups is 1. The van der Waals surface area contributed by atoms with Crippen molar-refractivity contribution in [2.45, 2.75) is 26.1 Å². The Balaban J connectivity index is 0.00000480. The molecule has 0 radical (unpaired) electrons. The second kappa shape index (κ2) is 14.6. The molecule has 1 heterocycles. The van der Waals surface area contributed by atoms with E-state index in [1.807, 2.05) is 6.92 Å². The van der Waals surface area contributed by atoms with Gasteiger partial charge in [-0.05, 0) is 37.6 Å². The van der Waals surface area contributed by atoms with Gasteiger partial charge in [0.2, 0.25) is 0 Å². The topological polar surface area (TPSA) is 67.4 Å². The van der Waals surface area contributed by atoms with Crippen LogP contribution in [0.4, 0.5) is 13.2 Å². The highest BCUT2D eigenvalue weighted by Gasteiger charge is 2.29. The molecule has 0 saturated carbocycles. The van der Waals surface area contributed by atoms with E-state index in [4.69, 9.17) is 14.2 Å². The number of nitrogens with one attached hydrogen (secondary N) is 2. The van der Waals surface area contributed by atoms with Crippen molar-refractivity contribution in [3.63, 3.8) is 0 Å². The SMILES string of the molecule is CCNC(=NCc1ccc(OCC(F)(F)F)c(OC)c1)NCCCN1CCOCC1.I. The number of ether oxygens (including phenoxy) is 3. The number of rotatable bonds is 10. The third-order valence-electron chi connectivity index (χ3n) is 4.43. The van der Waals surface area contributed by atoms with E-state index in [0.29, 0.717) is 12.5 Å². The summed E-state index contributed by atoms with van der Waals surface area (Å²) in [6.45, 7) is 7.03. The molecule has 0 aromatic heterocycles. The molecule has 0 spiro atoms. The predicted octanol–water partition coefficient (Wildman–Crippen LogP) is 3.03. The van der Waals surface area contributed by atoms with Crippen molar-refractivity contribution in [2.75, 3.05) is 59.7 Å². The van der Waals surface area contributed by atoms with Crippen molar-refractivity contribution in [1.82, 2.24) is 15.5 Å². The van der Waals surface area contributed by atoms with Crippen LogP contribution in [-0.2, 0) is 11.3 Å². The summed E-state index contributed by atoms with van der Waals surface area (Å²) in [6, 6.07) is 4.79. The molecule has 178 valence electrons. The van der Waals surface area contributed by atoms with Crippen LogP contribution in [0.3, 0.4) is 0 Å². The Hall–Kier alpha value is -1.47. The molecular formula is C20H32F3IN4O3. The highest BCUT2D eigenvalue weighted by molar-refractivity contribution is 14.0. The summed E-state index contributed by atoms with van der Waals surface area (Å²) in [5.41, 5.74) is 0.803. The van der Waals surface area contributed by atoms with Gasteiger partial charge in [-0.15, -0.1) is 24.0 Å². The molecule has 2 N–H and O–H groups in total. The fourth-order valence-corrected chi connectivity index (χ4v) is 2.94. The van der Waals surface area contributed by atoms with Crippen LogP contribution in [-0.4, -0.2) is 76.7 Å². The van der Waals surface area contributed by atoms with Crippen LogP contribution < -0.4 is 20.1 Å². The van der Waals surface area contributed by atoms with E-state index in [1.54, 1.807) is 12.1 Å². The quantitative estimate of drug-likeness (QED) is 0.199. The van der Waals surface area contributed by atoms with Crippen molar-refractivity contribution in [2.24, 2.45) is 4.99 Å². The Morgan fingerprint density at radius 3 is 2.58 bits per heavy atom. The Bertz CT molecular complexity index is 672. The molecule has 2 rings (SSSR count). The van der Waals surface area contributed by atoms with E-state index in [1.165, 1.54) is 13.2 Å². The standard InChI is InChI=1S/C20H31F3N4O3.HI/c1-3-24-19(25-7-4-8-27-9-11-29-12-10-27)26-14-16-5-6-17(18(13-16)28-2)30-15-20(21,22)23;/h5-6,13H,3-4,7-12,14-15H2,1-2H3,(H2,24,25,26);1H. The van der Waals surface area contributed by atoms with Crippen LogP contribution in [0.15, 0.2) is 23.2 Å². The smallest absolute Gasteiger partial charge is 0.422 e. The van der Waals surface area contributed by atoms with Gasteiger partial charge in [-0.3, -0.25) is 4.90 Å². The van der Waals surface area contributed by atoms with Crippen LogP contribution >= 0.6 is 24.0 Å². The molecule has 1 fully saturated rings. The Morgan fingerprint density at radius 1 is 1.19 bits per heavy atom. The van der Waals surface area contributed by atoms with Gasteiger partial charge in [-0.25, -0.2) is 4.99 Å². The van der Waals surface area contributed by atoms with Gasteiger partial charge in [0, 0.05) is 26.2 Å². The lowest BCUT2D eigenvalue weighted by Gasteiger charge is -2.26. The molecular weight excluding hydrogens is 528 g/mol. The largest absolute Gasteiger partial charge is 0.493 e. The first-order valence-electron chi connectivity index (χ1n) is 10.1. The number of methoxy groups -OCH3 is 1. The summed E-state index contributed by atoms with van der Waals surface area (Å²) in [4.78, 5) is 6.92. The van der Waals surface area contributed by atoms with Crippen LogP contribution in [0.5, 0.6) is 11.5 Å². The minimum absolute atomic E-state index is 0. The molecule has 0 aliphatic carbocycles. The van der Waals surface area contributed by atoms with Gasteiger partial charge in [0.25, 0.3) is 0 Å². The first-order valence-corrected chi connectivity index (χ1v) is 10.1. The highest BCUT2D eigenvalue weighted by atomic mass is 127. The molecule has 7 nitrogen and oxygen atoms in total. The average molecular weight is 560 g/mol. The number of alkyl halides is 3. The lowest BCUT2D eigenvalue weighted by molar-refractivity contribution is -0.153. The van der Waals surface area contributed by atoms with Crippen LogP contribution in [0.1, 0.15) is 18.9 Å².